The molecule has 2 rings (SSSR count). The maximum absolute atomic E-state index is 11.8. The molecule has 0 radical (unpaired) electrons. The van der Waals surface area contributed by atoms with Gasteiger partial charge in [0.05, 0.1) is 0 Å². The molecule has 0 saturated carbocycles. The van der Waals surface area contributed by atoms with Gasteiger partial charge < -0.3 is 10.6 Å². The Hall–Kier alpha value is -1.84. The zero-order valence-electron chi connectivity index (χ0n) is 10.5. The lowest BCUT2D eigenvalue weighted by Gasteiger charge is -2.15. The molecular formula is C14H18N2O2. The van der Waals surface area contributed by atoms with Gasteiger partial charge in [0, 0.05) is 13.0 Å². The van der Waals surface area contributed by atoms with E-state index in [1.807, 2.05) is 30.3 Å². The minimum atomic E-state index is -0.347. The van der Waals surface area contributed by atoms with Crippen LogP contribution in [-0.2, 0) is 9.59 Å². The van der Waals surface area contributed by atoms with Crippen LogP contribution >= 0.6 is 0 Å². The predicted octanol–water partition coefficient (Wildman–Crippen LogP) is 1.18. The van der Waals surface area contributed by atoms with Gasteiger partial charge in [-0.3, -0.25) is 9.59 Å². The number of hydrogen-bond donors (Lipinski definition) is 2. The van der Waals surface area contributed by atoms with Crippen molar-refractivity contribution < 1.29 is 9.59 Å². The number of carbonyl (C=O) groups is 2. The number of amides is 2. The quantitative estimate of drug-likeness (QED) is 0.838. The Bertz CT molecular complexity index is 431. The summed E-state index contributed by atoms with van der Waals surface area (Å²) in [6.45, 7) is 2.66. The molecule has 1 aliphatic rings. The van der Waals surface area contributed by atoms with E-state index in [1.165, 1.54) is 5.56 Å². The number of rotatable bonds is 4. The van der Waals surface area contributed by atoms with E-state index in [2.05, 4.69) is 17.6 Å². The van der Waals surface area contributed by atoms with Gasteiger partial charge in [-0.25, -0.2) is 0 Å². The molecule has 1 aromatic carbocycles. The zero-order chi connectivity index (χ0) is 13.0. The van der Waals surface area contributed by atoms with Gasteiger partial charge in [0.15, 0.2) is 0 Å². The lowest BCUT2D eigenvalue weighted by Crippen LogP contribution is -2.42. The molecule has 0 aliphatic carbocycles. The number of hydrogen-bond acceptors (Lipinski definition) is 2. The summed E-state index contributed by atoms with van der Waals surface area (Å²) < 4.78 is 0. The van der Waals surface area contributed by atoms with Gasteiger partial charge in [-0.2, -0.15) is 0 Å². The van der Waals surface area contributed by atoms with Gasteiger partial charge in [-0.1, -0.05) is 37.3 Å². The molecule has 1 heterocycles. The lowest BCUT2D eigenvalue weighted by atomic mass is 10.0. The Kier molecular flexibility index (Phi) is 3.97. The molecule has 1 fully saturated rings. The monoisotopic (exact) mass is 246 g/mol. The summed E-state index contributed by atoms with van der Waals surface area (Å²) in [5, 5.41) is 5.56. The van der Waals surface area contributed by atoms with Crippen molar-refractivity contribution in [3.8, 4) is 0 Å². The second-order valence-corrected chi connectivity index (χ2v) is 4.72. The molecule has 96 valence electrons. The molecular weight excluding hydrogens is 228 g/mol. The molecule has 1 aliphatic heterocycles. The summed E-state index contributed by atoms with van der Waals surface area (Å²) >= 11 is 0. The van der Waals surface area contributed by atoms with Crippen molar-refractivity contribution in [3.05, 3.63) is 35.9 Å². The van der Waals surface area contributed by atoms with Gasteiger partial charge >= 0.3 is 0 Å². The third-order valence-corrected chi connectivity index (χ3v) is 3.26. The third-order valence-electron chi connectivity index (χ3n) is 3.26. The van der Waals surface area contributed by atoms with E-state index < -0.39 is 0 Å². The van der Waals surface area contributed by atoms with Crippen LogP contribution in [0.25, 0.3) is 0 Å². The van der Waals surface area contributed by atoms with Crippen molar-refractivity contribution in [1.82, 2.24) is 10.6 Å². The fourth-order valence-electron chi connectivity index (χ4n) is 2.09. The van der Waals surface area contributed by atoms with Crippen molar-refractivity contribution >= 4 is 11.8 Å². The van der Waals surface area contributed by atoms with Gasteiger partial charge in [-0.05, 0) is 17.9 Å². The van der Waals surface area contributed by atoms with Gasteiger partial charge in [0.1, 0.15) is 6.04 Å². The SMILES string of the molecule is CC(CNC(=O)C1CCC(=O)N1)c1ccccc1. The Morgan fingerprint density at radius 3 is 2.78 bits per heavy atom. The summed E-state index contributed by atoms with van der Waals surface area (Å²) in [4.78, 5) is 22.8. The first-order valence-electron chi connectivity index (χ1n) is 6.29. The minimum Gasteiger partial charge on any atom is -0.354 e. The third kappa shape index (κ3) is 3.09. The molecule has 2 N–H and O–H groups in total. The maximum atomic E-state index is 11.8. The van der Waals surface area contributed by atoms with Crippen LogP contribution in [0.3, 0.4) is 0 Å². The Balaban J connectivity index is 1.81. The molecule has 0 aromatic heterocycles. The summed E-state index contributed by atoms with van der Waals surface area (Å²) in [5.41, 5.74) is 1.20. The topological polar surface area (TPSA) is 58.2 Å². The highest BCUT2D eigenvalue weighted by molar-refractivity contribution is 5.90. The van der Waals surface area contributed by atoms with E-state index >= 15 is 0 Å². The van der Waals surface area contributed by atoms with Crippen molar-refractivity contribution in [2.75, 3.05) is 6.54 Å². The van der Waals surface area contributed by atoms with E-state index in [1.54, 1.807) is 0 Å². The van der Waals surface area contributed by atoms with Crippen LogP contribution in [0.5, 0.6) is 0 Å². The smallest absolute Gasteiger partial charge is 0.242 e. The first kappa shape index (κ1) is 12.6. The highest BCUT2D eigenvalue weighted by Gasteiger charge is 2.26. The Morgan fingerprint density at radius 2 is 2.17 bits per heavy atom. The van der Waals surface area contributed by atoms with Crippen LogP contribution in [0.1, 0.15) is 31.2 Å². The minimum absolute atomic E-state index is 0.0359. The fourth-order valence-corrected chi connectivity index (χ4v) is 2.09. The second kappa shape index (κ2) is 5.67. The summed E-state index contributed by atoms with van der Waals surface area (Å²) in [5.74, 6) is 0.155. The standard InChI is InChI=1S/C14H18N2O2/c1-10(11-5-3-2-4-6-11)9-15-14(18)12-7-8-13(17)16-12/h2-6,10,12H,7-9H2,1H3,(H,15,18)(H,16,17). The summed E-state index contributed by atoms with van der Waals surface area (Å²) in [6.07, 6.45) is 1.05. The van der Waals surface area contributed by atoms with Gasteiger partial charge in [0.25, 0.3) is 0 Å². The lowest BCUT2D eigenvalue weighted by molar-refractivity contribution is -0.125. The molecule has 2 unspecified atom stereocenters. The van der Waals surface area contributed by atoms with Crippen LogP contribution in [-0.4, -0.2) is 24.4 Å². The highest BCUT2D eigenvalue weighted by Crippen LogP contribution is 2.13. The molecule has 0 bridgehead atoms. The van der Waals surface area contributed by atoms with Gasteiger partial charge in [0.2, 0.25) is 11.8 Å². The fraction of sp³-hybridized carbons (Fsp3) is 0.429. The predicted molar refractivity (Wildman–Crippen MR) is 69.0 cm³/mol. The van der Waals surface area contributed by atoms with Crippen molar-refractivity contribution in [3.63, 3.8) is 0 Å². The number of nitrogens with one attached hydrogen (secondary N) is 2. The van der Waals surface area contributed by atoms with Crippen molar-refractivity contribution in [1.29, 1.82) is 0 Å². The molecule has 1 saturated heterocycles. The van der Waals surface area contributed by atoms with Crippen LogP contribution < -0.4 is 10.6 Å². The molecule has 2 amide bonds. The van der Waals surface area contributed by atoms with Crippen LogP contribution in [0.15, 0.2) is 30.3 Å². The highest BCUT2D eigenvalue weighted by atomic mass is 16.2. The van der Waals surface area contributed by atoms with Gasteiger partial charge in [-0.15, -0.1) is 0 Å². The molecule has 0 spiro atoms. The van der Waals surface area contributed by atoms with Crippen molar-refractivity contribution in [2.24, 2.45) is 0 Å². The van der Waals surface area contributed by atoms with E-state index in [9.17, 15) is 9.59 Å². The van der Waals surface area contributed by atoms with E-state index in [-0.39, 0.29) is 23.8 Å². The molecule has 4 nitrogen and oxygen atoms in total. The largest absolute Gasteiger partial charge is 0.354 e. The van der Waals surface area contributed by atoms with Crippen LogP contribution in [0, 0.1) is 0 Å². The Labute approximate surface area is 107 Å². The van der Waals surface area contributed by atoms with E-state index in [0.29, 0.717) is 19.4 Å². The summed E-state index contributed by atoms with van der Waals surface area (Å²) in [6, 6.07) is 9.71. The number of carbonyl (C=O) groups excluding carboxylic acids is 2. The maximum Gasteiger partial charge on any atom is 0.242 e. The summed E-state index contributed by atoms with van der Waals surface area (Å²) in [7, 11) is 0. The number of benzene rings is 1. The van der Waals surface area contributed by atoms with Crippen molar-refractivity contribution in [2.45, 2.75) is 31.7 Å². The molecule has 2 atom stereocenters. The first-order valence-corrected chi connectivity index (χ1v) is 6.29. The van der Waals surface area contributed by atoms with Crippen LogP contribution in [0.4, 0.5) is 0 Å². The average molecular weight is 246 g/mol. The normalized spacial score (nSPS) is 20.3. The van der Waals surface area contributed by atoms with E-state index in [4.69, 9.17) is 0 Å². The molecule has 4 heteroatoms. The molecule has 1 aromatic rings. The zero-order valence-corrected chi connectivity index (χ0v) is 10.5. The average Bonchev–Trinajstić information content (AvgIpc) is 2.83. The molecule has 18 heavy (non-hydrogen) atoms. The second-order valence-electron chi connectivity index (χ2n) is 4.72. The van der Waals surface area contributed by atoms with Crippen LogP contribution in [0.2, 0.25) is 0 Å². The Morgan fingerprint density at radius 1 is 1.44 bits per heavy atom. The first-order chi connectivity index (χ1) is 8.66. The van der Waals surface area contributed by atoms with E-state index in [0.717, 1.165) is 0 Å².